The Morgan fingerprint density at radius 2 is 1.76 bits per heavy atom. The molecule has 1 atom stereocenters. The zero-order valence-corrected chi connectivity index (χ0v) is 20.4. The van der Waals surface area contributed by atoms with Crippen molar-refractivity contribution < 1.29 is 13.2 Å². The minimum absolute atomic E-state index is 0.0127. The first-order valence-corrected chi connectivity index (χ1v) is 12.8. The molecule has 0 spiro atoms. The highest BCUT2D eigenvalue weighted by Gasteiger charge is 2.30. The number of amidine groups is 1. The van der Waals surface area contributed by atoms with Crippen molar-refractivity contribution in [3.63, 3.8) is 0 Å². The number of halogens is 1. The second-order valence-corrected chi connectivity index (χ2v) is 10.0. The molecule has 0 bridgehead atoms. The van der Waals surface area contributed by atoms with Gasteiger partial charge in [0.05, 0.1) is 24.8 Å². The quantitative estimate of drug-likeness (QED) is 0.510. The molecule has 11 heteroatoms. The molecule has 0 amide bonds. The van der Waals surface area contributed by atoms with Gasteiger partial charge in [-0.25, -0.2) is 5.01 Å². The molecule has 2 aliphatic rings. The van der Waals surface area contributed by atoms with Gasteiger partial charge in [0, 0.05) is 30.6 Å². The summed E-state index contributed by atoms with van der Waals surface area (Å²) in [6.07, 6.45) is 0.682. The summed E-state index contributed by atoms with van der Waals surface area (Å²) in [5.74, 6) is 0.132. The van der Waals surface area contributed by atoms with Gasteiger partial charge in [0.1, 0.15) is 0 Å². The number of nitrogens with two attached hydrogens (primary N) is 1. The Balaban J connectivity index is 1.76. The number of hydrazone groups is 1. The van der Waals surface area contributed by atoms with E-state index < -0.39 is 10.2 Å². The van der Waals surface area contributed by atoms with Gasteiger partial charge in [-0.2, -0.15) is 22.8 Å². The minimum atomic E-state index is -3.98. The van der Waals surface area contributed by atoms with E-state index >= 15 is 0 Å². The maximum atomic E-state index is 13.0. The van der Waals surface area contributed by atoms with E-state index in [-0.39, 0.29) is 30.8 Å². The van der Waals surface area contributed by atoms with E-state index in [1.165, 1.54) is 9.31 Å². The Bertz CT molecular complexity index is 1190. The van der Waals surface area contributed by atoms with Gasteiger partial charge < -0.3 is 10.5 Å². The summed E-state index contributed by atoms with van der Waals surface area (Å²) < 4.78 is 36.5. The lowest BCUT2D eigenvalue weighted by atomic mass is 9.86. The molecular formula is C23H27ClN6O3S. The van der Waals surface area contributed by atoms with Crippen LogP contribution in [-0.4, -0.2) is 68.1 Å². The topological polar surface area (TPSA) is 113 Å². The van der Waals surface area contributed by atoms with Crippen molar-refractivity contribution in [3.8, 4) is 0 Å². The number of benzene rings is 2. The fourth-order valence-corrected chi connectivity index (χ4v) is 5.09. The molecule has 2 aromatic carbocycles. The fourth-order valence-electron chi connectivity index (χ4n) is 3.89. The number of ether oxygens (including phenoxy) is 1. The van der Waals surface area contributed by atoms with Crippen LogP contribution in [0.3, 0.4) is 0 Å². The minimum Gasteiger partial charge on any atom is -0.387 e. The molecule has 0 saturated carbocycles. The normalized spacial score (nSPS) is 20.8. The van der Waals surface area contributed by atoms with Crippen LogP contribution in [0.2, 0.25) is 5.02 Å². The second kappa shape index (κ2) is 10.6. The van der Waals surface area contributed by atoms with Crippen LogP contribution >= 0.6 is 11.6 Å². The van der Waals surface area contributed by atoms with Crippen molar-refractivity contribution in [1.82, 2.24) is 9.31 Å². The number of hydrogen-bond acceptors (Lipinski definition) is 4. The predicted octanol–water partition coefficient (Wildman–Crippen LogP) is 2.84. The van der Waals surface area contributed by atoms with Crippen LogP contribution in [0, 0.1) is 0 Å². The van der Waals surface area contributed by atoms with E-state index in [4.69, 9.17) is 27.2 Å². The standard InChI is InChI=1S/C23H27ClN6O3S/c1-17(25)26-23(28-34(31,32)29-13-15-33-16-14-29)30-12-11-21(18-5-3-2-4-6-18)22(27-30)19-7-9-20(24)10-8-19/h2-10,21H,11-16H2,1H3,(H2,25,26,28). The highest BCUT2D eigenvalue weighted by molar-refractivity contribution is 7.87. The van der Waals surface area contributed by atoms with Gasteiger partial charge in [-0.15, -0.1) is 4.40 Å². The lowest BCUT2D eigenvalue weighted by Gasteiger charge is -2.31. The molecule has 2 heterocycles. The van der Waals surface area contributed by atoms with Gasteiger partial charge in [-0.3, -0.25) is 0 Å². The molecule has 1 saturated heterocycles. The summed E-state index contributed by atoms with van der Waals surface area (Å²) in [5, 5.41) is 6.96. The molecule has 9 nitrogen and oxygen atoms in total. The summed E-state index contributed by atoms with van der Waals surface area (Å²) in [4.78, 5) is 4.23. The average Bonchev–Trinajstić information content (AvgIpc) is 2.84. The first kappa shape index (κ1) is 24.3. The average molecular weight is 503 g/mol. The van der Waals surface area contributed by atoms with Crippen LogP contribution in [0.15, 0.2) is 69.1 Å². The summed E-state index contributed by atoms with van der Waals surface area (Å²) in [6.45, 7) is 3.12. The van der Waals surface area contributed by atoms with Crippen molar-refractivity contribution in [2.45, 2.75) is 19.3 Å². The summed E-state index contributed by atoms with van der Waals surface area (Å²) in [7, 11) is -3.98. The highest BCUT2D eigenvalue weighted by Crippen LogP contribution is 2.30. The molecule has 4 rings (SSSR count). The molecule has 2 N–H and O–H groups in total. The summed E-state index contributed by atoms with van der Waals surface area (Å²) >= 11 is 6.11. The highest BCUT2D eigenvalue weighted by atomic mass is 35.5. The van der Waals surface area contributed by atoms with Crippen LogP contribution in [0.25, 0.3) is 0 Å². The number of hydrogen-bond donors (Lipinski definition) is 1. The SMILES string of the molecule is C/C(N)=N/C(=N\S(=O)(=O)N1CCOCC1)N1CCC(c2ccccc2)C(c2ccc(Cl)cc2)=N1. The van der Waals surface area contributed by atoms with Gasteiger partial charge in [-0.1, -0.05) is 54.1 Å². The van der Waals surface area contributed by atoms with E-state index in [1.807, 2.05) is 30.3 Å². The van der Waals surface area contributed by atoms with E-state index in [1.54, 1.807) is 19.1 Å². The molecule has 2 aliphatic heterocycles. The maximum absolute atomic E-state index is 13.0. The Kier molecular flexibility index (Phi) is 7.62. The zero-order chi connectivity index (χ0) is 24.1. The molecule has 0 radical (unpaired) electrons. The first-order chi connectivity index (χ1) is 16.3. The maximum Gasteiger partial charge on any atom is 0.325 e. The second-order valence-electron chi connectivity index (χ2n) is 8.00. The summed E-state index contributed by atoms with van der Waals surface area (Å²) in [6, 6.07) is 17.5. The van der Waals surface area contributed by atoms with Gasteiger partial charge in [0.15, 0.2) is 0 Å². The third kappa shape index (κ3) is 5.82. The Morgan fingerprint density at radius 1 is 1.09 bits per heavy atom. The van der Waals surface area contributed by atoms with E-state index in [2.05, 4.69) is 21.5 Å². The van der Waals surface area contributed by atoms with Gasteiger partial charge >= 0.3 is 10.2 Å². The van der Waals surface area contributed by atoms with Crippen LogP contribution in [0.5, 0.6) is 0 Å². The lowest BCUT2D eigenvalue weighted by Crippen LogP contribution is -2.41. The third-order valence-corrected chi connectivity index (χ3v) is 7.19. The number of morpholine rings is 1. The number of guanidine groups is 1. The summed E-state index contributed by atoms with van der Waals surface area (Å²) in [5.41, 5.74) is 8.60. The van der Waals surface area contributed by atoms with E-state index in [9.17, 15) is 8.42 Å². The van der Waals surface area contributed by atoms with Gasteiger partial charge in [-0.05, 0) is 36.6 Å². The van der Waals surface area contributed by atoms with Crippen LogP contribution in [0.4, 0.5) is 0 Å². The smallest absolute Gasteiger partial charge is 0.325 e. The monoisotopic (exact) mass is 502 g/mol. The number of rotatable bonds is 4. The molecule has 2 aromatic rings. The van der Waals surface area contributed by atoms with Crippen molar-refractivity contribution in [3.05, 3.63) is 70.7 Å². The molecule has 1 fully saturated rings. The molecular weight excluding hydrogens is 476 g/mol. The van der Waals surface area contributed by atoms with Crippen molar-refractivity contribution in [2.24, 2.45) is 20.2 Å². The molecule has 34 heavy (non-hydrogen) atoms. The number of nitrogens with zero attached hydrogens (tertiary/aromatic N) is 5. The zero-order valence-electron chi connectivity index (χ0n) is 18.8. The van der Waals surface area contributed by atoms with Crippen LogP contribution in [0.1, 0.15) is 30.4 Å². The Labute approximate surface area is 204 Å². The van der Waals surface area contributed by atoms with Crippen LogP contribution in [-0.2, 0) is 14.9 Å². The Hall–Kier alpha value is -2.79. The lowest BCUT2D eigenvalue weighted by molar-refractivity contribution is 0.0730. The molecule has 0 aliphatic carbocycles. The van der Waals surface area contributed by atoms with Gasteiger partial charge in [0.2, 0.25) is 0 Å². The fraction of sp³-hybridized carbons (Fsp3) is 0.348. The predicted molar refractivity (Wildman–Crippen MR) is 135 cm³/mol. The molecule has 1 unspecified atom stereocenters. The van der Waals surface area contributed by atoms with Crippen molar-refractivity contribution in [2.75, 3.05) is 32.8 Å². The first-order valence-electron chi connectivity index (χ1n) is 11.0. The van der Waals surface area contributed by atoms with Gasteiger partial charge in [0.25, 0.3) is 5.96 Å². The van der Waals surface area contributed by atoms with E-state index in [0.717, 1.165) is 16.8 Å². The van der Waals surface area contributed by atoms with E-state index in [0.29, 0.717) is 31.2 Å². The van der Waals surface area contributed by atoms with Crippen molar-refractivity contribution in [1.29, 1.82) is 0 Å². The Morgan fingerprint density at radius 3 is 2.41 bits per heavy atom. The molecule has 180 valence electrons. The van der Waals surface area contributed by atoms with Crippen LogP contribution < -0.4 is 5.73 Å². The van der Waals surface area contributed by atoms with Crippen molar-refractivity contribution >= 4 is 39.3 Å². The largest absolute Gasteiger partial charge is 0.387 e. The molecule has 0 aromatic heterocycles. The number of aliphatic imine (C=N–C) groups is 1. The third-order valence-electron chi connectivity index (χ3n) is 5.53.